The van der Waals surface area contributed by atoms with Crippen molar-refractivity contribution in [3.05, 3.63) is 41.6 Å². The van der Waals surface area contributed by atoms with E-state index in [4.69, 9.17) is 0 Å². The van der Waals surface area contributed by atoms with E-state index in [2.05, 4.69) is 10.4 Å². The lowest BCUT2D eigenvalue weighted by Gasteiger charge is -2.02. The molecule has 5 heteroatoms. The van der Waals surface area contributed by atoms with Crippen LogP contribution in [0.5, 0.6) is 5.75 Å². The number of amides is 1. The summed E-state index contributed by atoms with van der Waals surface area (Å²) in [5.41, 5.74) is 1.74. The number of benzene rings is 1. The van der Waals surface area contributed by atoms with Crippen molar-refractivity contribution in [2.24, 2.45) is 7.05 Å². The third-order valence-electron chi connectivity index (χ3n) is 2.66. The number of carbonyl (C=O) groups excluding carboxylic acids is 1. The van der Waals surface area contributed by atoms with E-state index in [1.54, 1.807) is 35.0 Å². The molecular weight excluding hydrogens is 230 g/mol. The zero-order valence-corrected chi connectivity index (χ0v) is 10.3. The molecule has 0 aliphatic heterocycles. The zero-order valence-electron chi connectivity index (χ0n) is 10.3. The molecule has 0 atom stereocenters. The number of anilines is 1. The van der Waals surface area contributed by atoms with E-state index in [1.165, 1.54) is 0 Å². The number of nitrogens with one attached hydrogen (secondary N) is 1. The molecular formula is C13H15N3O2. The van der Waals surface area contributed by atoms with Gasteiger partial charge in [0.25, 0.3) is 0 Å². The lowest BCUT2D eigenvalue weighted by Crippen LogP contribution is -2.14. The molecule has 1 aromatic heterocycles. The Labute approximate surface area is 105 Å². The first-order chi connectivity index (χ1) is 8.54. The highest BCUT2D eigenvalue weighted by molar-refractivity contribution is 5.91. The quantitative estimate of drug-likeness (QED) is 0.863. The van der Waals surface area contributed by atoms with Crippen LogP contribution in [0.1, 0.15) is 11.3 Å². The van der Waals surface area contributed by atoms with Gasteiger partial charge in [-0.05, 0) is 24.6 Å². The number of aryl methyl sites for hydroxylation is 2. The second-order valence-electron chi connectivity index (χ2n) is 4.19. The summed E-state index contributed by atoms with van der Waals surface area (Å²) >= 11 is 0. The topological polar surface area (TPSA) is 67.2 Å². The van der Waals surface area contributed by atoms with Crippen molar-refractivity contribution in [1.29, 1.82) is 0 Å². The van der Waals surface area contributed by atoms with Gasteiger partial charge in [-0.1, -0.05) is 12.1 Å². The average molecular weight is 245 g/mol. The van der Waals surface area contributed by atoms with Crippen LogP contribution in [0.4, 0.5) is 5.82 Å². The first kappa shape index (κ1) is 12.2. The van der Waals surface area contributed by atoms with Gasteiger partial charge in [0.1, 0.15) is 5.75 Å². The third-order valence-corrected chi connectivity index (χ3v) is 2.66. The highest BCUT2D eigenvalue weighted by Crippen LogP contribution is 2.12. The smallest absolute Gasteiger partial charge is 0.229 e. The number of phenolic OH excluding ortho intramolecular Hbond substituents is 1. The van der Waals surface area contributed by atoms with Crippen LogP contribution in [-0.4, -0.2) is 20.8 Å². The second-order valence-corrected chi connectivity index (χ2v) is 4.19. The van der Waals surface area contributed by atoms with Gasteiger partial charge in [0.15, 0.2) is 5.82 Å². The van der Waals surface area contributed by atoms with Gasteiger partial charge in [0.05, 0.1) is 6.42 Å². The highest BCUT2D eigenvalue weighted by Gasteiger charge is 2.07. The molecule has 0 saturated heterocycles. The van der Waals surface area contributed by atoms with Crippen molar-refractivity contribution in [1.82, 2.24) is 9.78 Å². The molecule has 2 aromatic rings. The molecule has 0 unspecified atom stereocenters. The standard InChI is InChI=1S/C13H15N3O2/c1-9-6-12(15-16(9)2)14-13(18)8-10-4-3-5-11(17)7-10/h3-7,17H,8H2,1-2H3,(H,14,15,18). The monoisotopic (exact) mass is 245 g/mol. The zero-order chi connectivity index (χ0) is 13.1. The molecule has 0 spiro atoms. The number of carbonyl (C=O) groups is 1. The molecule has 0 radical (unpaired) electrons. The second kappa shape index (κ2) is 4.91. The Morgan fingerprint density at radius 2 is 2.22 bits per heavy atom. The predicted molar refractivity (Wildman–Crippen MR) is 68.4 cm³/mol. The molecule has 0 bridgehead atoms. The van der Waals surface area contributed by atoms with Crippen molar-refractivity contribution in [2.45, 2.75) is 13.3 Å². The molecule has 0 aliphatic rings. The minimum Gasteiger partial charge on any atom is -0.508 e. The predicted octanol–water partition coefficient (Wildman–Crippen LogP) is 1.62. The van der Waals surface area contributed by atoms with Crippen LogP contribution in [0.2, 0.25) is 0 Å². The van der Waals surface area contributed by atoms with Crippen molar-refractivity contribution < 1.29 is 9.90 Å². The van der Waals surface area contributed by atoms with Gasteiger partial charge >= 0.3 is 0 Å². The van der Waals surface area contributed by atoms with Gasteiger partial charge < -0.3 is 10.4 Å². The third kappa shape index (κ3) is 2.88. The summed E-state index contributed by atoms with van der Waals surface area (Å²) in [4.78, 5) is 11.8. The minimum atomic E-state index is -0.154. The van der Waals surface area contributed by atoms with E-state index in [1.807, 2.05) is 14.0 Å². The van der Waals surface area contributed by atoms with Crippen LogP contribution in [0.25, 0.3) is 0 Å². The van der Waals surface area contributed by atoms with Crippen molar-refractivity contribution in [3.63, 3.8) is 0 Å². The minimum absolute atomic E-state index is 0.154. The van der Waals surface area contributed by atoms with Crippen LogP contribution in [-0.2, 0) is 18.3 Å². The van der Waals surface area contributed by atoms with Gasteiger partial charge in [0, 0.05) is 18.8 Å². The van der Waals surface area contributed by atoms with Crippen molar-refractivity contribution in [3.8, 4) is 5.75 Å². The maximum atomic E-state index is 11.8. The van der Waals surface area contributed by atoms with E-state index >= 15 is 0 Å². The number of rotatable bonds is 3. The first-order valence-corrected chi connectivity index (χ1v) is 5.63. The summed E-state index contributed by atoms with van der Waals surface area (Å²) < 4.78 is 1.70. The van der Waals surface area contributed by atoms with E-state index in [0.29, 0.717) is 5.82 Å². The Balaban J connectivity index is 2.01. The van der Waals surface area contributed by atoms with Gasteiger partial charge in [-0.2, -0.15) is 5.10 Å². The summed E-state index contributed by atoms with van der Waals surface area (Å²) in [6, 6.07) is 8.46. The Bertz CT molecular complexity index is 556. The summed E-state index contributed by atoms with van der Waals surface area (Å²) in [5, 5.41) is 16.2. The Kier molecular flexibility index (Phi) is 3.32. The molecule has 18 heavy (non-hydrogen) atoms. The van der Waals surface area contributed by atoms with E-state index < -0.39 is 0 Å². The number of hydrogen-bond donors (Lipinski definition) is 2. The van der Waals surface area contributed by atoms with Crippen LogP contribution in [0, 0.1) is 6.92 Å². The molecule has 0 saturated carbocycles. The maximum absolute atomic E-state index is 11.8. The average Bonchev–Trinajstić information content (AvgIpc) is 2.57. The Morgan fingerprint density at radius 1 is 1.44 bits per heavy atom. The summed E-state index contributed by atoms with van der Waals surface area (Å²) in [7, 11) is 1.82. The molecule has 2 rings (SSSR count). The lowest BCUT2D eigenvalue weighted by atomic mass is 10.1. The number of aromatic hydroxyl groups is 1. The van der Waals surface area contributed by atoms with E-state index in [0.717, 1.165) is 11.3 Å². The van der Waals surface area contributed by atoms with Crippen LogP contribution in [0.3, 0.4) is 0 Å². The van der Waals surface area contributed by atoms with E-state index in [-0.39, 0.29) is 18.1 Å². The van der Waals surface area contributed by atoms with Crippen LogP contribution < -0.4 is 5.32 Å². The molecule has 0 aliphatic carbocycles. The molecule has 2 N–H and O–H groups in total. The summed E-state index contributed by atoms with van der Waals surface area (Å²) in [6.45, 7) is 1.91. The fraction of sp³-hybridized carbons (Fsp3) is 0.231. The number of hydrogen-bond acceptors (Lipinski definition) is 3. The molecule has 0 fully saturated rings. The molecule has 1 heterocycles. The van der Waals surface area contributed by atoms with Gasteiger partial charge in [0.2, 0.25) is 5.91 Å². The molecule has 1 amide bonds. The molecule has 1 aromatic carbocycles. The Hall–Kier alpha value is -2.30. The summed E-state index contributed by atoms with van der Waals surface area (Å²) in [6.07, 6.45) is 0.212. The van der Waals surface area contributed by atoms with Crippen LogP contribution >= 0.6 is 0 Å². The number of aromatic nitrogens is 2. The van der Waals surface area contributed by atoms with E-state index in [9.17, 15) is 9.90 Å². The van der Waals surface area contributed by atoms with Gasteiger partial charge in [-0.15, -0.1) is 0 Å². The van der Waals surface area contributed by atoms with Gasteiger partial charge in [-0.3, -0.25) is 9.48 Å². The van der Waals surface area contributed by atoms with Crippen molar-refractivity contribution in [2.75, 3.05) is 5.32 Å². The fourth-order valence-electron chi connectivity index (χ4n) is 1.66. The largest absolute Gasteiger partial charge is 0.508 e. The Morgan fingerprint density at radius 3 is 2.83 bits per heavy atom. The molecule has 94 valence electrons. The SMILES string of the molecule is Cc1cc(NC(=O)Cc2cccc(O)c2)nn1C. The highest BCUT2D eigenvalue weighted by atomic mass is 16.3. The summed E-state index contributed by atoms with van der Waals surface area (Å²) in [5.74, 6) is 0.549. The van der Waals surface area contributed by atoms with Crippen molar-refractivity contribution >= 4 is 11.7 Å². The normalized spacial score (nSPS) is 10.3. The number of phenols is 1. The van der Waals surface area contributed by atoms with Gasteiger partial charge in [-0.25, -0.2) is 0 Å². The van der Waals surface area contributed by atoms with Crippen LogP contribution in [0.15, 0.2) is 30.3 Å². The maximum Gasteiger partial charge on any atom is 0.229 e. The lowest BCUT2D eigenvalue weighted by molar-refractivity contribution is -0.115. The number of nitrogens with zero attached hydrogens (tertiary/aromatic N) is 2. The first-order valence-electron chi connectivity index (χ1n) is 5.63. The molecule has 5 nitrogen and oxygen atoms in total. The fourth-order valence-corrected chi connectivity index (χ4v) is 1.66.